The van der Waals surface area contributed by atoms with Crippen LogP contribution < -0.4 is 5.32 Å². The molecule has 3 heteroatoms. The van der Waals surface area contributed by atoms with E-state index in [1.807, 2.05) is 0 Å². The van der Waals surface area contributed by atoms with Crippen molar-refractivity contribution in [1.29, 1.82) is 0 Å². The Bertz CT molecular complexity index is 278. The van der Waals surface area contributed by atoms with E-state index in [-0.39, 0.29) is 0 Å². The number of hydrogen-bond donors (Lipinski definition) is 1. The number of rotatable bonds is 2. The van der Waals surface area contributed by atoms with E-state index < -0.39 is 0 Å². The smallest absolute Gasteiger partial charge is 0.0703 e. The third-order valence-electron chi connectivity index (χ3n) is 5.48. The number of nitrogens with zero attached hydrogens (tertiary/aromatic N) is 1. The van der Waals surface area contributed by atoms with Crippen LogP contribution in [0.2, 0.25) is 0 Å². The molecular formula is C16H30N2O. The summed E-state index contributed by atoms with van der Waals surface area (Å²) >= 11 is 0. The van der Waals surface area contributed by atoms with E-state index in [0.29, 0.717) is 12.1 Å². The van der Waals surface area contributed by atoms with Gasteiger partial charge in [-0.2, -0.15) is 0 Å². The van der Waals surface area contributed by atoms with E-state index in [2.05, 4.69) is 17.1 Å². The Morgan fingerprint density at radius 2 is 1.89 bits per heavy atom. The van der Waals surface area contributed by atoms with Crippen LogP contribution in [0, 0.1) is 5.92 Å². The third kappa shape index (κ3) is 3.32. The molecule has 0 amide bonds. The Labute approximate surface area is 118 Å². The van der Waals surface area contributed by atoms with Crippen LogP contribution in [0.15, 0.2) is 0 Å². The van der Waals surface area contributed by atoms with Gasteiger partial charge in [-0.25, -0.2) is 0 Å². The fraction of sp³-hybridized carbons (Fsp3) is 1.00. The highest BCUT2D eigenvalue weighted by Crippen LogP contribution is 2.29. The lowest BCUT2D eigenvalue weighted by Crippen LogP contribution is -2.48. The minimum Gasteiger partial charge on any atom is -0.377 e. The van der Waals surface area contributed by atoms with Crippen LogP contribution in [0.25, 0.3) is 0 Å². The Kier molecular flexibility index (Phi) is 4.78. The molecule has 2 heterocycles. The largest absolute Gasteiger partial charge is 0.377 e. The number of nitrogens with one attached hydrogen (secondary N) is 1. The molecule has 0 radical (unpaired) electrons. The molecule has 3 fully saturated rings. The minimum atomic E-state index is 0.435. The summed E-state index contributed by atoms with van der Waals surface area (Å²) in [5.74, 6) is 0.923. The maximum Gasteiger partial charge on any atom is 0.0703 e. The molecule has 110 valence electrons. The van der Waals surface area contributed by atoms with Crippen LogP contribution >= 0.6 is 0 Å². The molecule has 19 heavy (non-hydrogen) atoms. The van der Waals surface area contributed by atoms with Crippen LogP contribution in [0.4, 0.5) is 0 Å². The van der Waals surface area contributed by atoms with Crippen LogP contribution in [-0.4, -0.2) is 49.3 Å². The van der Waals surface area contributed by atoms with E-state index in [1.165, 1.54) is 64.6 Å². The highest BCUT2D eigenvalue weighted by Gasteiger charge is 2.34. The first-order valence-electron chi connectivity index (χ1n) is 8.43. The van der Waals surface area contributed by atoms with Crippen molar-refractivity contribution in [2.75, 3.05) is 26.2 Å². The zero-order valence-electron chi connectivity index (χ0n) is 12.4. The quantitative estimate of drug-likeness (QED) is 0.830. The van der Waals surface area contributed by atoms with Crippen LogP contribution in [0.3, 0.4) is 0 Å². The average molecular weight is 266 g/mol. The van der Waals surface area contributed by atoms with Gasteiger partial charge in [0.1, 0.15) is 0 Å². The van der Waals surface area contributed by atoms with E-state index in [0.717, 1.165) is 18.6 Å². The van der Waals surface area contributed by atoms with Gasteiger partial charge in [0.2, 0.25) is 0 Å². The lowest BCUT2D eigenvalue weighted by atomic mass is 9.83. The average Bonchev–Trinajstić information content (AvgIpc) is 2.74. The first-order chi connectivity index (χ1) is 9.34. The molecule has 3 aliphatic rings. The molecule has 3 rings (SSSR count). The van der Waals surface area contributed by atoms with Gasteiger partial charge in [-0.05, 0) is 51.6 Å². The fourth-order valence-electron chi connectivity index (χ4n) is 4.33. The van der Waals surface area contributed by atoms with Crippen molar-refractivity contribution in [3.05, 3.63) is 0 Å². The summed E-state index contributed by atoms with van der Waals surface area (Å²) in [7, 11) is 0. The minimum absolute atomic E-state index is 0.435. The Morgan fingerprint density at radius 3 is 2.63 bits per heavy atom. The van der Waals surface area contributed by atoms with E-state index in [1.54, 1.807) is 0 Å². The van der Waals surface area contributed by atoms with Crippen molar-refractivity contribution >= 4 is 0 Å². The molecule has 3 unspecified atom stereocenters. The predicted octanol–water partition coefficient (Wildman–Crippen LogP) is 2.41. The molecule has 3 atom stereocenters. The fourth-order valence-corrected chi connectivity index (χ4v) is 4.33. The van der Waals surface area contributed by atoms with Crippen molar-refractivity contribution < 1.29 is 4.74 Å². The van der Waals surface area contributed by atoms with Gasteiger partial charge in [0, 0.05) is 25.2 Å². The van der Waals surface area contributed by atoms with Gasteiger partial charge in [-0.3, -0.25) is 4.90 Å². The predicted molar refractivity (Wildman–Crippen MR) is 78.4 cm³/mol. The summed E-state index contributed by atoms with van der Waals surface area (Å²) < 4.78 is 5.78. The van der Waals surface area contributed by atoms with Crippen molar-refractivity contribution in [3.8, 4) is 0 Å². The second-order valence-corrected chi connectivity index (χ2v) is 6.74. The molecule has 1 N–H and O–H groups in total. The lowest BCUT2D eigenvalue weighted by molar-refractivity contribution is 0.0689. The lowest BCUT2D eigenvalue weighted by Gasteiger charge is -2.36. The SMILES string of the molecule is CC1OCCC1N1CCCNC(C2CCCCC2)C1. The van der Waals surface area contributed by atoms with Gasteiger partial charge in [0.15, 0.2) is 0 Å². The summed E-state index contributed by atoms with van der Waals surface area (Å²) in [4.78, 5) is 2.73. The number of ether oxygens (including phenoxy) is 1. The van der Waals surface area contributed by atoms with Crippen molar-refractivity contribution in [2.45, 2.75) is 70.1 Å². The van der Waals surface area contributed by atoms with Gasteiger partial charge in [0.05, 0.1) is 6.10 Å². The standard InChI is InChI=1S/C16H30N2O/c1-13-16(8-11-19-13)18-10-5-9-17-15(12-18)14-6-3-2-4-7-14/h13-17H,2-12H2,1H3. The summed E-state index contributed by atoms with van der Waals surface area (Å²) in [5.41, 5.74) is 0. The Balaban J connectivity index is 1.61. The maximum absolute atomic E-state index is 5.78. The molecule has 1 saturated carbocycles. The van der Waals surface area contributed by atoms with Gasteiger partial charge < -0.3 is 10.1 Å². The van der Waals surface area contributed by atoms with E-state index in [4.69, 9.17) is 4.74 Å². The van der Waals surface area contributed by atoms with Gasteiger partial charge in [-0.15, -0.1) is 0 Å². The zero-order chi connectivity index (χ0) is 13.1. The zero-order valence-corrected chi connectivity index (χ0v) is 12.4. The number of hydrogen-bond acceptors (Lipinski definition) is 3. The summed E-state index contributed by atoms with van der Waals surface area (Å²) in [5, 5.41) is 3.84. The summed E-state index contributed by atoms with van der Waals surface area (Å²) in [6.45, 7) is 6.94. The van der Waals surface area contributed by atoms with E-state index in [9.17, 15) is 0 Å². The van der Waals surface area contributed by atoms with Crippen LogP contribution in [-0.2, 0) is 4.74 Å². The first kappa shape index (κ1) is 13.8. The molecule has 2 saturated heterocycles. The molecule has 0 aromatic carbocycles. The third-order valence-corrected chi connectivity index (χ3v) is 5.48. The van der Waals surface area contributed by atoms with Gasteiger partial charge >= 0.3 is 0 Å². The maximum atomic E-state index is 5.78. The topological polar surface area (TPSA) is 24.5 Å². The van der Waals surface area contributed by atoms with Gasteiger partial charge in [0.25, 0.3) is 0 Å². The van der Waals surface area contributed by atoms with Crippen molar-refractivity contribution in [3.63, 3.8) is 0 Å². The van der Waals surface area contributed by atoms with Crippen molar-refractivity contribution in [2.24, 2.45) is 5.92 Å². The molecule has 0 spiro atoms. The summed E-state index contributed by atoms with van der Waals surface area (Å²) in [6.07, 6.45) is 10.2. The first-order valence-corrected chi connectivity index (χ1v) is 8.43. The molecular weight excluding hydrogens is 236 g/mol. The normalized spacial score (nSPS) is 39.3. The molecule has 0 bridgehead atoms. The Hall–Kier alpha value is -0.120. The molecule has 0 aromatic heterocycles. The monoisotopic (exact) mass is 266 g/mol. The molecule has 2 aliphatic heterocycles. The van der Waals surface area contributed by atoms with E-state index >= 15 is 0 Å². The second kappa shape index (κ2) is 6.55. The van der Waals surface area contributed by atoms with Gasteiger partial charge in [-0.1, -0.05) is 19.3 Å². The summed E-state index contributed by atoms with van der Waals surface area (Å²) in [6, 6.07) is 1.40. The molecule has 1 aliphatic carbocycles. The van der Waals surface area contributed by atoms with Crippen LogP contribution in [0.5, 0.6) is 0 Å². The highest BCUT2D eigenvalue weighted by atomic mass is 16.5. The van der Waals surface area contributed by atoms with Crippen LogP contribution in [0.1, 0.15) is 51.9 Å². The second-order valence-electron chi connectivity index (χ2n) is 6.74. The molecule has 3 nitrogen and oxygen atoms in total. The molecule has 0 aromatic rings. The highest BCUT2D eigenvalue weighted by molar-refractivity contribution is 4.90. The van der Waals surface area contributed by atoms with Crippen molar-refractivity contribution in [1.82, 2.24) is 10.2 Å². The Morgan fingerprint density at radius 1 is 1.05 bits per heavy atom.